The topological polar surface area (TPSA) is 82.7 Å². The Bertz CT molecular complexity index is 644. The summed E-state index contributed by atoms with van der Waals surface area (Å²) in [5, 5.41) is 8.84. The minimum Gasteiger partial charge on any atom is -0.382 e. The van der Waals surface area contributed by atoms with Gasteiger partial charge in [-0.05, 0) is 37.0 Å². The van der Waals surface area contributed by atoms with Crippen LogP contribution in [-0.4, -0.2) is 49.6 Å². The minimum atomic E-state index is -0.325. The zero-order chi connectivity index (χ0) is 18.4. The molecule has 1 fully saturated rings. The first-order valence-electron chi connectivity index (χ1n) is 9.45. The first-order chi connectivity index (χ1) is 12.7. The number of nitrogens with one attached hydrogen (secondary N) is 3. The van der Waals surface area contributed by atoms with Gasteiger partial charge in [-0.15, -0.1) is 0 Å². The van der Waals surface area contributed by atoms with Crippen LogP contribution in [0, 0.1) is 0 Å². The Morgan fingerprint density at radius 3 is 2.85 bits per heavy atom. The first-order valence-corrected chi connectivity index (χ1v) is 9.45. The van der Waals surface area contributed by atoms with Crippen LogP contribution in [0.1, 0.15) is 43.4 Å². The fourth-order valence-electron chi connectivity index (χ4n) is 3.44. The number of anilines is 1. The molecular formula is C19H28N4O3. The van der Waals surface area contributed by atoms with Crippen LogP contribution in [0.2, 0.25) is 0 Å². The number of amides is 3. The standard InChI is InChI=1S/C19H28N4O3/c1-2-17-15-11-14(5-6-16(15)20-7-10-26-17)12-21-19(25)22-13-18(24)23-8-3-4-9-23/h5-6,11,17,20H,2-4,7-10,12-13H2,1H3,(H2,21,22,25). The van der Waals surface area contributed by atoms with Crippen LogP contribution < -0.4 is 16.0 Å². The van der Waals surface area contributed by atoms with E-state index in [0.29, 0.717) is 13.2 Å². The van der Waals surface area contributed by atoms with Crippen molar-refractivity contribution in [2.24, 2.45) is 0 Å². The largest absolute Gasteiger partial charge is 0.382 e. The second-order valence-corrected chi connectivity index (χ2v) is 6.74. The van der Waals surface area contributed by atoms with Gasteiger partial charge in [-0.2, -0.15) is 0 Å². The smallest absolute Gasteiger partial charge is 0.315 e. The van der Waals surface area contributed by atoms with E-state index in [4.69, 9.17) is 4.74 Å². The van der Waals surface area contributed by atoms with Crippen molar-refractivity contribution in [2.45, 2.75) is 38.8 Å². The van der Waals surface area contributed by atoms with Crippen molar-refractivity contribution < 1.29 is 14.3 Å². The lowest BCUT2D eigenvalue weighted by Crippen LogP contribution is -2.42. The normalized spacial score (nSPS) is 19.3. The summed E-state index contributed by atoms with van der Waals surface area (Å²) in [5.74, 6) is -0.0170. The number of likely N-dealkylation sites (tertiary alicyclic amines) is 1. The summed E-state index contributed by atoms with van der Waals surface area (Å²) in [6, 6.07) is 5.80. The Morgan fingerprint density at radius 2 is 2.08 bits per heavy atom. The Hall–Kier alpha value is -2.28. The quantitative estimate of drug-likeness (QED) is 0.750. The van der Waals surface area contributed by atoms with Crippen LogP contribution in [-0.2, 0) is 16.1 Å². The van der Waals surface area contributed by atoms with Gasteiger partial charge in [0.05, 0.1) is 19.3 Å². The molecule has 0 spiro atoms. The number of carbonyl (C=O) groups is 2. The molecule has 142 valence electrons. The molecule has 0 radical (unpaired) electrons. The summed E-state index contributed by atoms with van der Waals surface area (Å²) in [6.07, 6.45) is 3.08. The predicted molar refractivity (Wildman–Crippen MR) is 100.0 cm³/mol. The molecule has 2 heterocycles. The highest BCUT2D eigenvalue weighted by molar-refractivity contribution is 5.84. The molecule has 1 saturated heterocycles. The van der Waals surface area contributed by atoms with E-state index in [0.717, 1.165) is 55.7 Å². The van der Waals surface area contributed by atoms with Gasteiger partial charge in [-0.3, -0.25) is 4.79 Å². The van der Waals surface area contributed by atoms with Gasteiger partial charge in [0.25, 0.3) is 0 Å². The predicted octanol–water partition coefficient (Wildman–Crippen LogP) is 2.00. The highest BCUT2D eigenvalue weighted by Gasteiger charge is 2.19. The van der Waals surface area contributed by atoms with Crippen molar-refractivity contribution in [3.8, 4) is 0 Å². The Kier molecular flexibility index (Phi) is 6.33. The van der Waals surface area contributed by atoms with Crippen molar-refractivity contribution in [3.05, 3.63) is 29.3 Å². The number of hydrogen-bond acceptors (Lipinski definition) is 4. The average Bonchev–Trinajstić information content (AvgIpc) is 3.12. The van der Waals surface area contributed by atoms with Gasteiger partial charge in [0.1, 0.15) is 0 Å². The third-order valence-corrected chi connectivity index (χ3v) is 4.88. The molecule has 1 atom stereocenters. The van der Waals surface area contributed by atoms with Gasteiger partial charge in [-0.1, -0.05) is 13.0 Å². The summed E-state index contributed by atoms with van der Waals surface area (Å²) in [4.78, 5) is 25.7. The van der Waals surface area contributed by atoms with Crippen molar-refractivity contribution >= 4 is 17.6 Å². The molecule has 26 heavy (non-hydrogen) atoms. The Morgan fingerprint density at radius 1 is 1.27 bits per heavy atom. The number of urea groups is 1. The van der Waals surface area contributed by atoms with Crippen LogP contribution in [0.5, 0.6) is 0 Å². The van der Waals surface area contributed by atoms with Crippen LogP contribution in [0.15, 0.2) is 18.2 Å². The van der Waals surface area contributed by atoms with Crippen LogP contribution in [0.25, 0.3) is 0 Å². The zero-order valence-corrected chi connectivity index (χ0v) is 15.3. The molecule has 7 heteroatoms. The van der Waals surface area contributed by atoms with Crippen molar-refractivity contribution in [2.75, 3.05) is 38.1 Å². The zero-order valence-electron chi connectivity index (χ0n) is 15.3. The van der Waals surface area contributed by atoms with Gasteiger partial charge >= 0.3 is 6.03 Å². The number of ether oxygens (including phenoxy) is 1. The van der Waals surface area contributed by atoms with E-state index in [1.165, 1.54) is 0 Å². The van der Waals surface area contributed by atoms with Crippen LogP contribution >= 0.6 is 0 Å². The maximum absolute atomic E-state index is 12.0. The lowest BCUT2D eigenvalue weighted by molar-refractivity contribution is -0.128. The monoisotopic (exact) mass is 360 g/mol. The molecule has 1 aromatic carbocycles. The van der Waals surface area contributed by atoms with Crippen molar-refractivity contribution in [1.82, 2.24) is 15.5 Å². The number of nitrogens with zero attached hydrogens (tertiary/aromatic N) is 1. The first kappa shape index (κ1) is 18.5. The fourth-order valence-corrected chi connectivity index (χ4v) is 3.44. The molecule has 0 aromatic heterocycles. The fraction of sp³-hybridized carbons (Fsp3) is 0.579. The molecule has 0 bridgehead atoms. The number of hydrogen-bond donors (Lipinski definition) is 3. The Labute approximate surface area is 154 Å². The summed E-state index contributed by atoms with van der Waals surface area (Å²) in [6.45, 7) is 5.65. The van der Waals surface area contributed by atoms with E-state index in [-0.39, 0.29) is 24.6 Å². The molecule has 3 amide bonds. The maximum atomic E-state index is 12.0. The van der Waals surface area contributed by atoms with Gasteiger partial charge in [-0.25, -0.2) is 4.79 Å². The molecule has 2 aliphatic rings. The van der Waals surface area contributed by atoms with Gasteiger partial charge in [0.15, 0.2) is 0 Å². The number of benzene rings is 1. The number of rotatable bonds is 5. The highest BCUT2D eigenvalue weighted by atomic mass is 16.5. The van der Waals surface area contributed by atoms with Gasteiger partial charge in [0.2, 0.25) is 5.91 Å². The second kappa shape index (κ2) is 8.89. The molecule has 2 aliphatic heterocycles. The molecule has 1 unspecified atom stereocenters. The number of carbonyl (C=O) groups excluding carboxylic acids is 2. The average molecular weight is 360 g/mol. The third kappa shape index (κ3) is 4.66. The highest BCUT2D eigenvalue weighted by Crippen LogP contribution is 2.31. The molecular weight excluding hydrogens is 332 g/mol. The van der Waals surface area contributed by atoms with Crippen LogP contribution in [0.3, 0.4) is 0 Å². The van der Waals surface area contributed by atoms with Crippen molar-refractivity contribution in [1.29, 1.82) is 0 Å². The van der Waals surface area contributed by atoms with Gasteiger partial charge < -0.3 is 25.6 Å². The lowest BCUT2D eigenvalue weighted by atomic mass is 10.0. The van der Waals surface area contributed by atoms with E-state index in [1.807, 2.05) is 12.1 Å². The molecule has 0 aliphatic carbocycles. The summed E-state index contributed by atoms with van der Waals surface area (Å²) in [7, 11) is 0. The molecule has 7 nitrogen and oxygen atoms in total. The lowest BCUT2D eigenvalue weighted by Gasteiger charge is -2.17. The van der Waals surface area contributed by atoms with E-state index in [1.54, 1.807) is 4.90 Å². The SMILES string of the molecule is CCC1OCCNc2ccc(CNC(=O)NCC(=O)N3CCCC3)cc21. The molecule has 3 N–H and O–H groups in total. The Balaban J connectivity index is 1.50. The molecule has 3 rings (SSSR count). The van der Waals surface area contributed by atoms with Crippen molar-refractivity contribution in [3.63, 3.8) is 0 Å². The molecule has 1 aromatic rings. The third-order valence-electron chi connectivity index (χ3n) is 4.88. The van der Waals surface area contributed by atoms with Crippen LogP contribution in [0.4, 0.5) is 10.5 Å². The van der Waals surface area contributed by atoms with E-state index in [9.17, 15) is 9.59 Å². The van der Waals surface area contributed by atoms with Gasteiger partial charge in [0, 0.05) is 37.4 Å². The second-order valence-electron chi connectivity index (χ2n) is 6.74. The van der Waals surface area contributed by atoms with E-state index < -0.39 is 0 Å². The summed E-state index contributed by atoms with van der Waals surface area (Å²) in [5.41, 5.74) is 3.24. The van der Waals surface area contributed by atoms with E-state index in [2.05, 4.69) is 28.9 Å². The maximum Gasteiger partial charge on any atom is 0.315 e. The van der Waals surface area contributed by atoms with E-state index >= 15 is 0 Å². The number of fused-ring (bicyclic) bond motifs is 1. The summed E-state index contributed by atoms with van der Waals surface area (Å²) < 4.78 is 5.87. The summed E-state index contributed by atoms with van der Waals surface area (Å²) >= 11 is 0. The molecule has 0 saturated carbocycles. The minimum absolute atomic E-state index is 0.0170.